The number of rotatable bonds is 4. The molecule has 1 nitrogen and oxygen atoms in total. The Labute approximate surface area is 119 Å². The molecule has 0 saturated heterocycles. The Morgan fingerprint density at radius 3 is 2.15 bits per heavy atom. The van der Waals surface area contributed by atoms with Gasteiger partial charge in [-0.05, 0) is 35.4 Å². The monoisotopic (exact) mass is 298 g/mol. The van der Waals surface area contributed by atoms with Crippen LogP contribution in [0.4, 0.5) is 13.2 Å². The second-order valence-electron chi connectivity index (χ2n) is 4.41. The standard InChI is InChI=1S/C15H10ClF3O/c16-15-8-11(17)2-1-10(15)6-14(20)5-9-3-12(18)7-13(19)4-9/h1-4,7-8H,5-6H2. The molecule has 2 aromatic rings. The van der Waals surface area contributed by atoms with Gasteiger partial charge in [-0.15, -0.1) is 0 Å². The Morgan fingerprint density at radius 2 is 1.55 bits per heavy atom. The second-order valence-corrected chi connectivity index (χ2v) is 4.81. The van der Waals surface area contributed by atoms with E-state index in [9.17, 15) is 18.0 Å². The summed E-state index contributed by atoms with van der Waals surface area (Å²) in [6.07, 6.45) is -0.125. The summed E-state index contributed by atoms with van der Waals surface area (Å²) in [5, 5.41) is 0.156. The molecule has 0 aromatic heterocycles. The van der Waals surface area contributed by atoms with E-state index >= 15 is 0 Å². The molecule has 2 rings (SSSR count). The Balaban J connectivity index is 2.09. The highest BCUT2D eigenvalue weighted by atomic mass is 35.5. The number of Topliss-reactive ketones (excluding diaryl/α,β-unsaturated/α-hetero) is 1. The SMILES string of the molecule is O=C(Cc1cc(F)cc(F)c1)Cc1ccc(F)cc1Cl. The lowest BCUT2D eigenvalue weighted by molar-refractivity contribution is -0.117. The fourth-order valence-corrected chi connectivity index (χ4v) is 2.11. The van der Waals surface area contributed by atoms with Gasteiger partial charge in [-0.1, -0.05) is 17.7 Å². The van der Waals surface area contributed by atoms with Gasteiger partial charge in [0.2, 0.25) is 0 Å². The maximum atomic E-state index is 13.0. The zero-order valence-corrected chi connectivity index (χ0v) is 11.1. The number of carbonyl (C=O) groups excluding carboxylic acids is 1. The molecule has 0 saturated carbocycles. The highest BCUT2D eigenvalue weighted by Gasteiger charge is 2.10. The molecule has 0 aliphatic carbocycles. The van der Waals surface area contributed by atoms with Crippen molar-refractivity contribution in [2.45, 2.75) is 12.8 Å². The number of benzene rings is 2. The van der Waals surface area contributed by atoms with Crippen LogP contribution in [0.1, 0.15) is 11.1 Å². The molecule has 0 N–H and O–H groups in total. The highest BCUT2D eigenvalue weighted by molar-refractivity contribution is 6.31. The summed E-state index contributed by atoms with van der Waals surface area (Å²) in [4.78, 5) is 11.8. The van der Waals surface area contributed by atoms with Gasteiger partial charge >= 0.3 is 0 Å². The lowest BCUT2D eigenvalue weighted by atomic mass is 10.0. The van der Waals surface area contributed by atoms with Crippen molar-refractivity contribution in [1.29, 1.82) is 0 Å². The van der Waals surface area contributed by atoms with E-state index in [1.807, 2.05) is 0 Å². The van der Waals surface area contributed by atoms with Crippen LogP contribution in [-0.4, -0.2) is 5.78 Å². The van der Waals surface area contributed by atoms with Crippen molar-refractivity contribution in [2.24, 2.45) is 0 Å². The lowest BCUT2D eigenvalue weighted by Crippen LogP contribution is -2.07. The third-order valence-corrected chi connectivity index (χ3v) is 3.08. The zero-order chi connectivity index (χ0) is 14.7. The first-order valence-corrected chi connectivity index (χ1v) is 6.22. The normalized spacial score (nSPS) is 10.6. The van der Waals surface area contributed by atoms with Crippen LogP contribution in [-0.2, 0) is 17.6 Å². The average molecular weight is 299 g/mol. The first-order chi connectivity index (χ1) is 9.44. The third-order valence-electron chi connectivity index (χ3n) is 2.73. The number of hydrogen-bond donors (Lipinski definition) is 0. The minimum absolute atomic E-state index is 0.0166. The Morgan fingerprint density at radius 1 is 0.900 bits per heavy atom. The van der Waals surface area contributed by atoms with E-state index in [0.29, 0.717) is 5.56 Å². The van der Waals surface area contributed by atoms with Gasteiger partial charge in [-0.2, -0.15) is 0 Å². The summed E-state index contributed by atoms with van der Waals surface area (Å²) >= 11 is 5.81. The predicted molar refractivity (Wildman–Crippen MR) is 70.2 cm³/mol. The maximum absolute atomic E-state index is 13.0. The minimum atomic E-state index is -0.729. The molecule has 2 aromatic carbocycles. The summed E-state index contributed by atoms with van der Waals surface area (Å²) in [6, 6.07) is 6.69. The largest absolute Gasteiger partial charge is 0.299 e. The van der Waals surface area contributed by atoms with Crippen LogP contribution in [0.2, 0.25) is 5.02 Å². The van der Waals surface area contributed by atoms with Crippen molar-refractivity contribution in [3.63, 3.8) is 0 Å². The second kappa shape index (κ2) is 6.09. The van der Waals surface area contributed by atoms with E-state index in [2.05, 4.69) is 0 Å². The van der Waals surface area contributed by atoms with Crippen LogP contribution in [0.5, 0.6) is 0 Å². The molecular weight excluding hydrogens is 289 g/mol. The van der Waals surface area contributed by atoms with E-state index in [0.717, 1.165) is 24.3 Å². The van der Waals surface area contributed by atoms with Crippen molar-refractivity contribution in [3.05, 3.63) is 70.0 Å². The fraction of sp³-hybridized carbons (Fsp3) is 0.133. The van der Waals surface area contributed by atoms with Crippen LogP contribution in [0.25, 0.3) is 0 Å². The van der Waals surface area contributed by atoms with E-state index in [1.165, 1.54) is 12.1 Å². The van der Waals surface area contributed by atoms with Crippen molar-refractivity contribution in [1.82, 2.24) is 0 Å². The highest BCUT2D eigenvalue weighted by Crippen LogP contribution is 2.19. The number of halogens is 4. The quantitative estimate of drug-likeness (QED) is 0.830. The van der Waals surface area contributed by atoms with Gasteiger partial charge < -0.3 is 0 Å². The number of ketones is 1. The third kappa shape index (κ3) is 3.84. The van der Waals surface area contributed by atoms with Gasteiger partial charge in [0, 0.05) is 23.9 Å². The molecule has 0 amide bonds. The van der Waals surface area contributed by atoms with Crippen LogP contribution < -0.4 is 0 Å². The first kappa shape index (κ1) is 14.6. The maximum Gasteiger partial charge on any atom is 0.141 e. The van der Waals surface area contributed by atoms with E-state index in [1.54, 1.807) is 0 Å². The van der Waals surface area contributed by atoms with Crippen LogP contribution in [0.15, 0.2) is 36.4 Å². The zero-order valence-electron chi connectivity index (χ0n) is 10.3. The van der Waals surface area contributed by atoms with Crippen LogP contribution in [0, 0.1) is 17.5 Å². The summed E-state index contributed by atoms with van der Waals surface area (Å²) in [5.74, 6) is -2.21. The van der Waals surface area contributed by atoms with Crippen LogP contribution >= 0.6 is 11.6 Å². The van der Waals surface area contributed by atoms with Crippen molar-refractivity contribution in [2.75, 3.05) is 0 Å². The van der Waals surface area contributed by atoms with Gasteiger partial charge in [-0.25, -0.2) is 13.2 Å². The minimum Gasteiger partial charge on any atom is -0.299 e. The fourth-order valence-electron chi connectivity index (χ4n) is 1.88. The van der Waals surface area contributed by atoms with Gasteiger partial charge in [0.1, 0.15) is 23.2 Å². The number of carbonyl (C=O) groups is 1. The number of hydrogen-bond acceptors (Lipinski definition) is 1. The molecule has 0 aliphatic rings. The average Bonchev–Trinajstić information content (AvgIpc) is 2.31. The summed E-state index contributed by atoms with van der Waals surface area (Å²) in [5.41, 5.74) is 0.737. The summed E-state index contributed by atoms with van der Waals surface area (Å²) < 4.78 is 38.9. The van der Waals surface area contributed by atoms with Gasteiger partial charge in [-0.3, -0.25) is 4.79 Å². The Hall–Kier alpha value is -1.81. The van der Waals surface area contributed by atoms with E-state index < -0.39 is 17.5 Å². The molecule has 0 heterocycles. The van der Waals surface area contributed by atoms with Crippen LogP contribution in [0.3, 0.4) is 0 Å². The van der Waals surface area contributed by atoms with Gasteiger partial charge in [0.25, 0.3) is 0 Å². The Kier molecular flexibility index (Phi) is 4.45. The molecule has 0 fully saturated rings. The van der Waals surface area contributed by atoms with Gasteiger partial charge in [0.05, 0.1) is 0 Å². The topological polar surface area (TPSA) is 17.1 Å². The predicted octanol–water partition coefficient (Wildman–Crippen LogP) is 4.11. The molecule has 0 unspecified atom stereocenters. The molecule has 0 aliphatic heterocycles. The first-order valence-electron chi connectivity index (χ1n) is 5.84. The Bertz CT molecular complexity index is 635. The smallest absolute Gasteiger partial charge is 0.141 e. The summed E-state index contributed by atoms with van der Waals surface area (Å²) in [6.45, 7) is 0. The lowest BCUT2D eigenvalue weighted by Gasteiger charge is -2.05. The molecule has 20 heavy (non-hydrogen) atoms. The molecule has 0 spiro atoms. The van der Waals surface area contributed by atoms with Crippen molar-refractivity contribution in [3.8, 4) is 0 Å². The van der Waals surface area contributed by atoms with Crippen molar-refractivity contribution >= 4 is 17.4 Å². The van der Waals surface area contributed by atoms with E-state index in [-0.39, 0.29) is 29.2 Å². The van der Waals surface area contributed by atoms with Gasteiger partial charge in [0.15, 0.2) is 0 Å². The van der Waals surface area contributed by atoms with E-state index in [4.69, 9.17) is 11.6 Å². The molecular formula is C15H10ClF3O. The molecule has 5 heteroatoms. The van der Waals surface area contributed by atoms with Crippen molar-refractivity contribution < 1.29 is 18.0 Å². The molecule has 0 atom stereocenters. The molecule has 104 valence electrons. The summed E-state index contributed by atoms with van der Waals surface area (Å²) in [7, 11) is 0. The molecule has 0 radical (unpaired) electrons. The molecule has 0 bridgehead atoms.